The first-order valence-electron chi connectivity index (χ1n) is 6.16. The third kappa shape index (κ3) is 4.73. The fourth-order valence-corrected chi connectivity index (χ4v) is 2.06. The van der Waals surface area contributed by atoms with Crippen molar-refractivity contribution in [1.29, 1.82) is 0 Å². The first kappa shape index (κ1) is 14.0. The van der Waals surface area contributed by atoms with Crippen molar-refractivity contribution in [3.8, 4) is 0 Å². The van der Waals surface area contributed by atoms with Crippen LogP contribution in [0.4, 0.5) is 0 Å². The number of unbranched alkanes of at least 4 members (excludes halogenated alkanes) is 1. The monoisotopic (exact) mass is 242 g/mol. The topological polar surface area (TPSA) is 60.9 Å². The molecule has 0 aliphatic carbocycles. The number of carboxylic acids is 1. The fraction of sp³-hybridized carbons (Fsp3) is 0.833. The molecule has 1 aliphatic heterocycles. The Hall–Kier alpha value is -1.10. The molecule has 1 rings (SSSR count). The highest BCUT2D eigenvalue weighted by molar-refractivity contribution is 5.80. The molecule has 0 spiro atoms. The SMILES string of the molecule is CN(C)CCCCN1CC(C(=O)O)CCC1=O. The van der Waals surface area contributed by atoms with E-state index in [1.807, 2.05) is 14.1 Å². The summed E-state index contributed by atoms with van der Waals surface area (Å²) in [5.41, 5.74) is 0. The van der Waals surface area contributed by atoms with E-state index >= 15 is 0 Å². The van der Waals surface area contributed by atoms with Crippen LogP contribution in [0.5, 0.6) is 0 Å². The molecule has 5 heteroatoms. The van der Waals surface area contributed by atoms with Gasteiger partial charge in [0.1, 0.15) is 0 Å². The molecule has 1 saturated heterocycles. The molecule has 1 aliphatic rings. The molecule has 1 amide bonds. The van der Waals surface area contributed by atoms with Crippen LogP contribution < -0.4 is 0 Å². The third-order valence-corrected chi connectivity index (χ3v) is 3.13. The molecule has 1 unspecified atom stereocenters. The van der Waals surface area contributed by atoms with Gasteiger partial charge in [0.15, 0.2) is 0 Å². The molecule has 1 heterocycles. The Morgan fingerprint density at radius 3 is 2.76 bits per heavy atom. The van der Waals surface area contributed by atoms with Gasteiger partial charge in [-0.25, -0.2) is 0 Å². The van der Waals surface area contributed by atoms with Crippen LogP contribution in [0.3, 0.4) is 0 Å². The lowest BCUT2D eigenvalue weighted by Gasteiger charge is -2.30. The number of rotatable bonds is 6. The van der Waals surface area contributed by atoms with Crippen molar-refractivity contribution in [3.05, 3.63) is 0 Å². The lowest BCUT2D eigenvalue weighted by molar-refractivity contribution is -0.147. The maximum Gasteiger partial charge on any atom is 0.308 e. The summed E-state index contributed by atoms with van der Waals surface area (Å²) in [5.74, 6) is -1.05. The number of carbonyl (C=O) groups is 2. The van der Waals surface area contributed by atoms with Crippen LogP contribution in [-0.2, 0) is 9.59 Å². The second-order valence-electron chi connectivity index (χ2n) is 4.92. The van der Waals surface area contributed by atoms with Crippen LogP contribution in [0.15, 0.2) is 0 Å². The Balaban J connectivity index is 2.30. The van der Waals surface area contributed by atoms with Gasteiger partial charge < -0.3 is 14.9 Å². The van der Waals surface area contributed by atoms with Gasteiger partial charge in [-0.3, -0.25) is 9.59 Å². The molecule has 0 aromatic heterocycles. The van der Waals surface area contributed by atoms with Crippen molar-refractivity contribution in [3.63, 3.8) is 0 Å². The number of carboxylic acid groups (broad SMARTS) is 1. The minimum absolute atomic E-state index is 0.104. The highest BCUT2D eigenvalue weighted by atomic mass is 16.4. The van der Waals surface area contributed by atoms with Gasteiger partial charge in [0, 0.05) is 19.5 Å². The summed E-state index contributed by atoms with van der Waals surface area (Å²) in [6.45, 7) is 2.08. The normalized spacial score (nSPS) is 21.0. The summed E-state index contributed by atoms with van der Waals surface area (Å²) >= 11 is 0. The molecule has 17 heavy (non-hydrogen) atoms. The van der Waals surface area contributed by atoms with E-state index in [0.717, 1.165) is 19.4 Å². The van der Waals surface area contributed by atoms with Gasteiger partial charge in [-0.1, -0.05) is 0 Å². The smallest absolute Gasteiger partial charge is 0.308 e. The van der Waals surface area contributed by atoms with Gasteiger partial charge in [-0.2, -0.15) is 0 Å². The van der Waals surface area contributed by atoms with E-state index in [-0.39, 0.29) is 11.8 Å². The van der Waals surface area contributed by atoms with E-state index < -0.39 is 5.97 Å². The molecule has 1 N–H and O–H groups in total. The average molecular weight is 242 g/mol. The highest BCUT2D eigenvalue weighted by Gasteiger charge is 2.29. The molecular formula is C12H22N2O3. The minimum atomic E-state index is -0.782. The van der Waals surface area contributed by atoms with Gasteiger partial charge >= 0.3 is 5.97 Å². The predicted octanol–water partition coefficient (Wildman–Crippen LogP) is 0.651. The fourth-order valence-electron chi connectivity index (χ4n) is 2.06. The lowest BCUT2D eigenvalue weighted by atomic mass is 9.97. The Kier molecular flexibility index (Phi) is 5.41. The van der Waals surface area contributed by atoms with Gasteiger partial charge in [0.05, 0.1) is 5.92 Å². The molecule has 0 radical (unpaired) electrons. The first-order chi connectivity index (χ1) is 8.00. The number of piperidine rings is 1. The standard InChI is InChI=1S/C12H22N2O3/c1-13(2)7-3-4-8-14-9-10(12(16)17)5-6-11(14)15/h10H,3-9H2,1-2H3,(H,16,17). The van der Waals surface area contributed by atoms with E-state index in [2.05, 4.69) is 4.90 Å². The Labute approximate surface area is 102 Å². The molecule has 98 valence electrons. The molecule has 0 aromatic carbocycles. The summed E-state index contributed by atoms with van der Waals surface area (Å²) in [4.78, 5) is 26.3. The molecule has 1 atom stereocenters. The first-order valence-corrected chi connectivity index (χ1v) is 6.16. The van der Waals surface area contributed by atoms with E-state index in [0.29, 0.717) is 25.9 Å². The quantitative estimate of drug-likeness (QED) is 0.695. The average Bonchev–Trinajstić information content (AvgIpc) is 2.25. The lowest BCUT2D eigenvalue weighted by Crippen LogP contribution is -2.43. The molecule has 0 bridgehead atoms. The highest BCUT2D eigenvalue weighted by Crippen LogP contribution is 2.18. The summed E-state index contributed by atoms with van der Waals surface area (Å²) in [5, 5.41) is 8.94. The zero-order chi connectivity index (χ0) is 12.8. The molecule has 0 aromatic rings. The largest absolute Gasteiger partial charge is 0.481 e. The molecule has 1 fully saturated rings. The molecule has 5 nitrogen and oxygen atoms in total. The Morgan fingerprint density at radius 2 is 2.18 bits per heavy atom. The van der Waals surface area contributed by atoms with E-state index in [4.69, 9.17) is 5.11 Å². The predicted molar refractivity (Wildman–Crippen MR) is 64.7 cm³/mol. The van der Waals surface area contributed by atoms with Crippen molar-refractivity contribution >= 4 is 11.9 Å². The minimum Gasteiger partial charge on any atom is -0.481 e. The van der Waals surface area contributed by atoms with Crippen LogP contribution in [0, 0.1) is 5.92 Å². The number of carbonyl (C=O) groups excluding carboxylic acids is 1. The zero-order valence-corrected chi connectivity index (χ0v) is 10.7. The Bertz CT molecular complexity index is 279. The summed E-state index contributed by atoms with van der Waals surface area (Å²) < 4.78 is 0. The number of hydrogen-bond acceptors (Lipinski definition) is 3. The van der Waals surface area contributed by atoms with Crippen LogP contribution in [0.1, 0.15) is 25.7 Å². The second-order valence-corrected chi connectivity index (χ2v) is 4.92. The second kappa shape index (κ2) is 6.59. The van der Waals surface area contributed by atoms with Gasteiger partial charge in [-0.15, -0.1) is 0 Å². The Morgan fingerprint density at radius 1 is 1.47 bits per heavy atom. The van der Waals surface area contributed by atoms with Crippen molar-refractivity contribution in [2.45, 2.75) is 25.7 Å². The molecular weight excluding hydrogens is 220 g/mol. The van der Waals surface area contributed by atoms with Crippen LogP contribution in [0.25, 0.3) is 0 Å². The van der Waals surface area contributed by atoms with E-state index in [1.165, 1.54) is 0 Å². The number of hydrogen-bond donors (Lipinski definition) is 1. The van der Waals surface area contributed by atoms with Crippen molar-refractivity contribution in [2.75, 3.05) is 33.7 Å². The van der Waals surface area contributed by atoms with E-state index in [1.54, 1.807) is 4.90 Å². The van der Waals surface area contributed by atoms with Crippen molar-refractivity contribution in [1.82, 2.24) is 9.80 Å². The van der Waals surface area contributed by atoms with Crippen molar-refractivity contribution < 1.29 is 14.7 Å². The van der Waals surface area contributed by atoms with Crippen LogP contribution in [-0.4, -0.2) is 60.5 Å². The summed E-state index contributed by atoms with van der Waals surface area (Å²) in [6.07, 6.45) is 2.85. The summed E-state index contributed by atoms with van der Waals surface area (Å²) in [6, 6.07) is 0. The number of nitrogens with zero attached hydrogens (tertiary/aromatic N) is 2. The van der Waals surface area contributed by atoms with Gasteiger partial charge in [0.2, 0.25) is 5.91 Å². The molecule has 0 saturated carbocycles. The number of aliphatic carboxylic acids is 1. The van der Waals surface area contributed by atoms with Crippen LogP contribution >= 0.6 is 0 Å². The van der Waals surface area contributed by atoms with E-state index in [9.17, 15) is 9.59 Å². The van der Waals surface area contributed by atoms with Gasteiger partial charge in [0.25, 0.3) is 0 Å². The number of likely N-dealkylation sites (tertiary alicyclic amines) is 1. The maximum absolute atomic E-state index is 11.6. The van der Waals surface area contributed by atoms with Crippen molar-refractivity contribution in [2.24, 2.45) is 5.92 Å². The summed E-state index contributed by atoms with van der Waals surface area (Å²) in [7, 11) is 4.04. The zero-order valence-electron chi connectivity index (χ0n) is 10.7. The maximum atomic E-state index is 11.6. The van der Waals surface area contributed by atoms with Gasteiger partial charge in [-0.05, 0) is 39.9 Å². The number of amides is 1. The third-order valence-electron chi connectivity index (χ3n) is 3.13. The van der Waals surface area contributed by atoms with Crippen LogP contribution in [0.2, 0.25) is 0 Å².